The van der Waals surface area contributed by atoms with E-state index < -0.39 is 0 Å². The van der Waals surface area contributed by atoms with Gasteiger partial charge in [-0.1, -0.05) is 70.2 Å². The number of nitrogens with one attached hydrogen (secondary N) is 1. The monoisotopic (exact) mass is 582 g/mol. The van der Waals surface area contributed by atoms with E-state index in [1.54, 1.807) is 11.9 Å². The number of rotatable bonds is 11. The van der Waals surface area contributed by atoms with Crippen LogP contribution in [0.2, 0.25) is 0 Å². The van der Waals surface area contributed by atoms with Gasteiger partial charge in [-0.3, -0.25) is 9.59 Å². The molecule has 0 radical (unpaired) electrons. The number of carbonyl (C=O) groups excluding carboxylic acids is 2. The lowest BCUT2D eigenvalue weighted by Gasteiger charge is -2.17. The van der Waals surface area contributed by atoms with Gasteiger partial charge in [-0.25, -0.2) is 9.13 Å². The summed E-state index contributed by atoms with van der Waals surface area (Å²) < 4.78 is 3.99. The van der Waals surface area contributed by atoms with Crippen LogP contribution in [-0.2, 0) is 23.7 Å². The van der Waals surface area contributed by atoms with Gasteiger partial charge in [-0.15, -0.1) is 0 Å². The van der Waals surface area contributed by atoms with Crippen LogP contribution in [0.5, 0.6) is 0 Å². The zero-order chi connectivity index (χ0) is 29.0. The molecule has 0 aliphatic heterocycles. The van der Waals surface area contributed by atoms with Crippen molar-refractivity contribution in [3.63, 3.8) is 0 Å². The summed E-state index contributed by atoms with van der Waals surface area (Å²) in [7, 11) is 8.51. The van der Waals surface area contributed by atoms with E-state index in [0.717, 1.165) is 33.6 Å². The molecule has 6 nitrogen and oxygen atoms in total. The molecule has 0 aliphatic carbocycles. The fourth-order valence-electron chi connectivity index (χ4n) is 3.74. The van der Waals surface area contributed by atoms with Gasteiger partial charge in [0.1, 0.15) is 14.1 Å². The topological polar surface area (TPSA) is 57.2 Å². The van der Waals surface area contributed by atoms with Crippen LogP contribution in [0.1, 0.15) is 22.3 Å². The van der Waals surface area contributed by atoms with Gasteiger partial charge in [0.25, 0.3) is 0 Å². The van der Waals surface area contributed by atoms with Crippen molar-refractivity contribution in [2.75, 3.05) is 28.8 Å². The highest BCUT2D eigenvalue weighted by molar-refractivity contribution is 8.77. The number of benzene rings is 2. The Hall–Kier alpha value is -4.14. The van der Waals surface area contributed by atoms with Crippen LogP contribution >= 0.6 is 21.6 Å². The molecule has 1 N–H and O–H groups in total. The summed E-state index contributed by atoms with van der Waals surface area (Å²) in [6.07, 6.45) is 16.2. The Labute approximate surface area is 249 Å². The van der Waals surface area contributed by atoms with Gasteiger partial charge in [0.05, 0.1) is 11.5 Å². The fourth-order valence-corrected chi connectivity index (χ4v) is 5.51. The predicted molar refractivity (Wildman–Crippen MR) is 173 cm³/mol. The molecule has 0 saturated carbocycles. The van der Waals surface area contributed by atoms with E-state index in [1.165, 1.54) is 21.6 Å². The summed E-state index contributed by atoms with van der Waals surface area (Å²) in [5, 5.41) is 2.91. The predicted octanol–water partition coefficient (Wildman–Crippen LogP) is 5.66. The molecule has 0 saturated heterocycles. The number of amides is 2. The third-order valence-corrected chi connectivity index (χ3v) is 8.37. The Kier molecular flexibility index (Phi) is 10.9. The highest BCUT2D eigenvalue weighted by Crippen LogP contribution is 2.24. The molecule has 0 fully saturated rings. The van der Waals surface area contributed by atoms with E-state index in [-0.39, 0.29) is 23.3 Å². The fraction of sp³-hybridized carbons (Fsp3) is 0.152. The van der Waals surface area contributed by atoms with Gasteiger partial charge < -0.3 is 10.2 Å². The maximum atomic E-state index is 12.7. The molecule has 4 aromatic rings. The van der Waals surface area contributed by atoms with E-state index in [2.05, 4.69) is 47.8 Å². The number of hydrogen-bond donors (Lipinski definition) is 1. The molecule has 2 aromatic carbocycles. The number of nitrogens with zero attached hydrogens (tertiary/aromatic N) is 3. The quantitative estimate of drug-likeness (QED) is 0.141. The van der Waals surface area contributed by atoms with Crippen molar-refractivity contribution >= 4 is 69.1 Å². The number of carbonyl (C=O) groups is 2. The second-order valence-electron chi connectivity index (χ2n) is 9.50. The Morgan fingerprint density at radius 3 is 1.56 bits per heavy atom. The van der Waals surface area contributed by atoms with Crippen molar-refractivity contribution in [3.8, 4) is 0 Å². The van der Waals surface area contributed by atoms with Crippen molar-refractivity contribution in [2.24, 2.45) is 14.1 Å². The summed E-state index contributed by atoms with van der Waals surface area (Å²) in [4.78, 5) is 26.7. The van der Waals surface area contributed by atoms with Crippen molar-refractivity contribution in [1.29, 1.82) is 0 Å². The lowest BCUT2D eigenvalue weighted by atomic mass is 10.1. The SMILES string of the molecule is CN(C(=O)CSSCC(=O)Nc1ccc(/C=C/c2cc[n+](C)cc2)cc1)c1ccc(/C=C/c2cc[n+](C)cc2)cc1. The second kappa shape index (κ2) is 15.0. The summed E-state index contributed by atoms with van der Waals surface area (Å²) in [5.41, 5.74) is 5.94. The van der Waals surface area contributed by atoms with Crippen LogP contribution < -0.4 is 19.4 Å². The zero-order valence-electron chi connectivity index (χ0n) is 23.4. The van der Waals surface area contributed by atoms with Crippen LogP contribution in [0.25, 0.3) is 24.3 Å². The molecule has 0 unspecified atom stereocenters. The molecule has 0 aliphatic rings. The summed E-state index contributed by atoms with van der Waals surface area (Å²) >= 11 is 0. The van der Waals surface area contributed by atoms with Crippen molar-refractivity contribution in [2.45, 2.75) is 0 Å². The van der Waals surface area contributed by atoms with Crippen molar-refractivity contribution in [3.05, 3.63) is 120 Å². The van der Waals surface area contributed by atoms with E-state index in [0.29, 0.717) is 0 Å². The molecular weight excluding hydrogens is 549 g/mol. The van der Waals surface area contributed by atoms with E-state index in [1.807, 2.05) is 103 Å². The molecule has 208 valence electrons. The number of aryl methyl sites for hydroxylation is 2. The standard InChI is InChI=1S/C33H33N4O2S2/c1-35-20-16-28(17-21-35)6-4-26-8-12-30(13-9-26)34-32(38)24-40-41-25-33(39)37(3)31-14-10-27(11-15-31)5-7-29-18-22-36(2)23-19-29/h4-23H,24-25H2,1-3H3/q+1/p+1. The number of hydrogen-bond acceptors (Lipinski definition) is 4. The van der Waals surface area contributed by atoms with Crippen LogP contribution in [0.15, 0.2) is 97.6 Å². The van der Waals surface area contributed by atoms with E-state index in [9.17, 15) is 9.59 Å². The first-order valence-corrected chi connectivity index (χ1v) is 15.6. The normalized spacial score (nSPS) is 11.2. The third kappa shape index (κ3) is 9.77. The van der Waals surface area contributed by atoms with Gasteiger partial charge in [0.15, 0.2) is 24.8 Å². The van der Waals surface area contributed by atoms with Gasteiger partial charge in [0.2, 0.25) is 11.8 Å². The summed E-state index contributed by atoms with van der Waals surface area (Å²) in [6, 6.07) is 23.8. The first kappa shape index (κ1) is 29.8. The largest absolute Gasteiger partial charge is 0.325 e. The summed E-state index contributed by atoms with van der Waals surface area (Å²) in [6.45, 7) is 0. The zero-order valence-corrected chi connectivity index (χ0v) is 25.1. The van der Waals surface area contributed by atoms with Crippen molar-refractivity contribution in [1.82, 2.24) is 0 Å². The second-order valence-corrected chi connectivity index (χ2v) is 12.0. The smallest absolute Gasteiger partial charge is 0.237 e. The van der Waals surface area contributed by atoms with Crippen LogP contribution in [0, 0.1) is 0 Å². The van der Waals surface area contributed by atoms with Gasteiger partial charge >= 0.3 is 0 Å². The lowest BCUT2D eigenvalue weighted by Crippen LogP contribution is -2.27. The maximum absolute atomic E-state index is 12.7. The minimum absolute atomic E-state index is 0.0172. The number of pyridine rings is 2. The maximum Gasteiger partial charge on any atom is 0.237 e. The molecule has 0 spiro atoms. The van der Waals surface area contributed by atoms with Gasteiger partial charge in [-0.2, -0.15) is 0 Å². The first-order valence-electron chi connectivity index (χ1n) is 13.1. The lowest BCUT2D eigenvalue weighted by molar-refractivity contribution is -0.671. The highest BCUT2D eigenvalue weighted by atomic mass is 33.1. The Balaban J connectivity index is 1.16. The minimum atomic E-state index is -0.100. The average Bonchev–Trinajstić information content (AvgIpc) is 2.99. The first-order chi connectivity index (χ1) is 19.9. The molecule has 2 aromatic heterocycles. The molecule has 4 rings (SSSR count). The molecular formula is C33H34N4O2S2+2. The Morgan fingerprint density at radius 1 is 0.659 bits per heavy atom. The van der Waals surface area contributed by atoms with Crippen molar-refractivity contribution < 1.29 is 18.7 Å². The van der Waals surface area contributed by atoms with Gasteiger partial charge in [-0.05, 0) is 46.5 Å². The Morgan fingerprint density at radius 2 is 1.07 bits per heavy atom. The third-order valence-electron chi connectivity index (χ3n) is 6.25. The molecule has 2 amide bonds. The number of aromatic nitrogens is 2. The van der Waals surface area contributed by atoms with Crippen LogP contribution in [0.4, 0.5) is 11.4 Å². The Bertz CT molecular complexity index is 1500. The average molecular weight is 583 g/mol. The van der Waals surface area contributed by atoms with Crippen LogP contribution in [0.3, 0.4) is 0 Å². The molecule has 0 atom stereocenters. The molecule has 2 heterocycles. The molecule has 41 heavy (non-hydrogen) atoms. The summed E-state index contributed by atoms with van der Waals surface area (Å²) in [5.74, 6) is 0.422. The highest BCUT2D eigenvalue weighted by Gasteiger charge is 2.12. The molecule has 0 bridgehead atoms. The molecule has 8 heteroatoms. The minimum Gasteiger partial charge on any atom is -0.325 e. The van der Waals surface area contributed by atoms with Gasteiger partial charge in [0, 0.05) is 42.7 Å². The number of anilines is 2. The van der Waals surface area contributed by atoms with E-state index >= 15 is 0 Å². The van der Waals surface area contributed by atoms with Crippen LogP contribution in [-0.4, -0.2) is 30.4 Å². The van der Waals surface area contributed by atoms with E-state index in [4.69, 9.17) is 0 Å².